The summed E-state index contributed by atoms with van der Waals surface area (Å²) in [6, 6.07) is 0.794. The molecule has 2 heterocycles. The van der Waals surface area contributed by atoms with Gasteiger partial charge in [0.1, 0.15) is 0 Å². The summed E-state index contributed by atoms with van der Waals surface area (Å²) in [7, 11) is -4.60. The van der Waals surface area contributed by atoms with Crippen molar-refractivity contribution in [3.8, 4) is 0 Å². The molecule has 1 aromatic heterocycles. The van der Waals surface area contributed by atoms with Crippen LogP contribution in [0.5, 0.6) is 0 Å². The summed E-state index contributed by atoms with van der Waals surface area (Å²) in [6.07, 6.45) is 5.17. The zero-order valence-electron chi connectivity index (χ0n) is 12.2. The van der Waals surface area contributed by atoms with Gasteiger partial charge < -0.3 is 0 Å². The molecule has 0 spiro atoms. The van der Waals surface area contributed by atoms with Crippen molar-refractivity contribution in [3.05, 3.63) is 22.4 Å². The van der Waals surface area contributed by atoms with Gasteiger partial charge in [-0.15, -0.1) is 0 Å². The van der Waals surface area contributed by atoms with E-state index in [1.54, 1.807) is 16.7 Å². The van der Waals surface area contributed by atoms with Crippen molar-refractivity contribution in [2.24, 2.45) is 0 Å². The number of pyridine rings is 1. The molecule has 20 heavy (non-hydrogen) atoms. The van der Waals surface area contributed by atoms with E-state index in [0.717, 1.165) is 34.6 Å². The summed E-state index contributed by atoms with van der Waals surface area (Å²) >= 11 is 3.47. The third-order valence-corrected chi connectivity index (χ3v) is 8.05. The number of aromatic nitrogens is 1. The largest absolute Gasteiger partial charge is 0.268 e. The fraction of sp³-hybridized carbons (Fsp3) is 0.615. The minimum absolute atomic E-state index is 0.245. The first kappa shape index (κ1) is 16.0. The van der Waals surface area contributed by atoms with Gasteiger partial charge in [-0.3, -0.25) is 9.29 Å². The molecule has 0 saturated heterocycles. The summed E-state index contributed by atoms with van der Waals surface area (Å²) < 4.78 is 27.7. The number of anilines is 1. The summed E-state index contributed by atoms with van der Waals surface area (Å²) in [5, 5.41) is 0. The lowest BCUT2D eigenvalue weighted by Crippen LogP contribution is -2.39. The van der Waals surface area contributed by atoms with E-state index in [4.69, 9.17) is 0 Å². The van der Waals surface area contributed by atoms with E-state index >= 15 is 0 Å². The fourth-order valence-electron chi connectivity index (χ4n) is 2.27. The lowest BCUT2D eigenvalue weighted by atomic mass is 10.1. The Morgan fingerprint density at radius 1 is 1.35 bits per heavy atom. The van der Waals surface area contributed by atoms with E-state index in [0.29, 0.717) is 6.54 Å². The van der Waals surface area contributed by atoms with Gasteiger partial charge in [-0.2, -0.15) is 0 Å². The maximum absolute atomic E-state index is 12.6. The molecule has 0 atom stereocenters. The van der Waals surface area contributed by atoms with Crippen LogP contribution in [0.15, 0.2) is 16.9 Å². The van der Waals surface area contributed by atoms with Crippen molar-refractivity contribution in [1.29, 1.82) is 0 Å². The normalized spacial score (nSPS) is 16.1. The molecule has 4 nitrogen and oxygen atoms in total. The highest BCUT2D eigenvalue weighted by Crippen LogP contribution is 2.33. The van der Waals surface area contributed by atoms with Crippen LogP contribution in [0.2, 0.25) is 25.7 Å². The second-order valence-corrected chi connectivity index (χ2v) is 14.9. The minimum Gasteiger partial charge on any atom is -0.268 e. The molecule has 7 heteroatoms. The van der Waals surface area contributed by atoms with Crippen LogP contribution in [0.4, 0.5) is 5.69 Å². The van der Waals surface area contributed by atoms with Crippen molar-refractivity contribution in [2.75, 3.05) is 16.6 Å². The van der Waals surface area contributed by atoms with Crippen LogP contribution < -0.4 is 4.31 Å². The zero-order chi connectivity index (χ0) is 15.0. The van der Waals surface area contributed by atoms with Gasteiger partial charge in [0, 0.05) is 25.3 Å². The Labute approximate surface area is 130 Å². The Balaban J connectivity index is 2.29. The topological polar surface area (TPSA) is 50.3 Å². The Kier molecular flexibility index (Phi) is 4.61. The highest BCUT2D eigenvalue weighted by molar-refractivity contribution is 9.10. The molecule has 0 unspecified atom stereocenters. The van der Waals surface area contributed by atoms with E-state index in [1.807, 2.05) is 0 Å². The van der Waals surface area contributed by atoms with Crippen molar-refractivity contribution in [1.82, 2.24) is 4.98 Å². The van der Waals surface area contributed by atoms with Gasteiger partial charge >= 0.3 is 0 Å². The molecule has 0 saturated carbocycles. The van der Waals surface area contributed by atoms with Crippen LogP contribution in [0.25, 0.3) is 0 Å². The number of hydrogen-bond acceptors (Lipinski definition) is 3. The third kappa shape index (κ3) is 3.62. The summed E-state index contributed by atoms with van der Waals surface area (Å²) in [5.74, 6) is 0.245. The number of halogens is 1. The molecule has 0 N–H and O–H groups in total. The molecule has 2 rings (SSSR count). The SMILES string of the molecule is C[Si](C)(C)CCS(=O)(=O)N1CCCc2c(Br)cncc21. The van der Waals surface area contributed by atoms with Gasteiger partial charge in [-0.1, -0.05) is 19.6 Å². The van der Waals surface area contributed by atoms with Crippen molar-refractivity contribution in [2.45, 2.75) is 38.5 Å². The van der Waals surface area contributed by atoms with Crippen LogP contribution in [-0.4, -0.2) is 33.8 Å². The van der Waals surface area contributed by atoms with E-state index < -0.39 is 18.1 Å². The standard InChI is InChI=1S/C13H21BrN2O2SSi/c1-20(2,3)8-7-19(17,18)16-6-4-5-11-12(14)9-15-10-13(11)16/h9-10H,4-8H2,1-3H3. The van der Waals surface area contributed by atoms with Gasteiger partial charge in [0.05, 0.1) is 17.6 Å². The first-order valence-corrected chi connectivity index (χ1v) is 12.9. The second kappa shape index (κ2) is 5.77. The summed E-state index contributed by atoms with van der Waals surface area (Å²) in [6.45, 7) is 7.17. The molecule has 1 aromatic rings. The van der Waals surface area contributed by atoms with Gasteiger partial charge in [0.25, 0.3) is 0 Å². The van der Waals surface area contributed by atoms with Crippen LogP contribution >= 0.6 is 15.9 Å². The summed E-state index contributed by atoms with van der Waals surface area (Å²) in [4.78, 5) is 4.13. The average molecular weight is 377 g/mol. The molecule has 0 bridgehead atoms. The van der Waals surface area contributed by atoms with Crippen molar-refractivity contribution in [3.63, 3.8) is 0 Å². The summed E-state index contributed by atoms with van der Waals surface area (Å²) in [5.41, 5.74) is 1.81. The lowest BCUT2D eigenvalue weighted by molar-refractivity contribution is 0.587. The zero-order valence-corrected chi connectivity index (χ0v) is 15.6. The van der Waals surface area contributed by atoms with Crippen LogP contribution in [0.1, 0.15) is 12.0 Å². The second-order valence-electron chi connectivity index (χ2n) is 6.42. The highest BCUT2D eigenvalue weighted by atomic mass is 79.9. The average Bonchev–Trinajstić information content (AvgIpc) is 2.36. The van der Waals surface area contributed by atoms with E-state index in [2.05, 4.69) is 40.6 Å². The number of hydrogen-bond donors (Lipinski definition) is 0. The number of sulfonamides is 1. The molecule has 1 aliphatic heterocycles. The van der Waals surface area contributed by atoms with E-state index in [1.165, 1.54) is 0 Å². The van der Waals surface area contributed by atoms with Crippen LogP contribution in [-0.2, 0) is 16.4 Å². The smallest absolute Gasteiger partial charge is 0.234 e. The molecule has 0 amide bonds. The predicted molar refractivity (Wildman–Crippen MR) is 89.5 cm³/mol. The Hall–Kier alpha value is -0.403. The van der Waals surface area contributed by atoms with E-state index in [-0.39, 0.29) is 5.75 Å². The maximum Gasteiger partial charge on any atom is 0.234 e. The first-order chi connectivity index (χ1) is 9.21. The monoisotopic (exact) mass is 376 g/mol. The minimum atomic E-state index is -3.24. The fourth-order valence-corrected chi connectivity index (χ4v) is 7.35. The predicted octanol–water partition coefficient (Wildman–Crippen LogP) is 3.26. The van der Waals surface area contributed by atoms with Gasteiger partial charge in [-0.05, 0) is 40.4 Å². The Bertz CT molecular complexity index is 599. The molecular formula is C13H21BrN2O2SSi. The van der Waals surface area contributed by atoms with Gasteiger partial charge in [-0.25, -0.2) is 8.42 Å². The van der Waals surface area contributed by atoms with Crippen LogP contribution in [0.3, 0.4) is 0 Å². The van der Waals surface area contributed by atoms with Crippen LogP contribution in [0, 0.1) is 0 Å². The van der Waals surface area contributed by atoms with Crippen molar-refractivity contribution >= 4 is 39.7 Å². The molecule has 0 radical (unpaired) electrons. The third-order valence-electron chi connectivity index (χ3n) is 3.48. The molecule has 112 valence electrons. The molecule has 0 aliphatic carbocycles. The first-order valence-electron chi connectivity index (χ1n) is 6.83. The lowest BCUT2D eigenvalue weighted by Gasteiger charge is -2.31. The molecule has 0 fully saturated rings. The Morgan fingerprint density at radius 3 is 2.70 bits per heavy atom. The van der Waals surface area contributed by atoms with Gasteiger partial charge in [0.2, 0.25) is 10.0 Å². The maximum atomic E-state index is 12.6. The number of rotatable bonds is 4. The number of fused-ring (bicyclic) bond motifs is 1. The Morgan fingerprint density at radius 2 is 2.05 bits per heavy atom. The number of nitrogens with zero attached hydrogens (tertiary/aromatic N) is 2. The van der Waals surface area contributed by atoms with Crippen molar-refractivity contribution < 1.29 is 8.42 Å². The molecule has 1 aliphatic rings. The molecule has 0 aromatic carbocycles. The van der Waals surface area contributed by atoms with Gasteiger partial charge in [0.15, 0.2) is 0 Å². The van der Waals surface area contributed by atoms with E-state index in [9.17, 15) is 8.42 Å². The highest BCUT2D eigenvalue weighted by Gasteiger charge is 2.30. The molecular weight excluding hydrogens is 356 g/mol. The quantitative estimate of drug-likeness (QED) is 0.757.